The van der Waals surface area contributed by atoms with Crippen LogP contribution in [0.15, 0.2) is 48.5 Å². The smallest absolute Gasteiger partial charge is 0.313 e. The van der Waals surface area contributed by atoms with E-state index in [2.05, 4.69) is 39.8 Å². The Balaban J connectivity index is 1.44. The first-order valence-electron chi connectivity index (χ1n) is 9.20. The van der Waals surface area contributed by atoms with Gasteiger partial charge in [0.05, 0.1) is 13.2 Å². The molecule has 3 rings (SSSR count). The highest BCUT2D eigenvalue weighted by Crippen LogP contribution is 2.17. The van der Waals surface area contributed by atoms with E-state index in [1.807, 2.05) is 25.1 Å². The predicted octanol–water partition coefficient (Wildman–Crippen LogP) is 2.13. The van der Waals surface area contributed by atoms with Crippen LogP contribution in [0.3, 0.4) is 0 Å². The second-order valence-corrected chi connectivity index (χ2v) is 6.54. The van der Waals surface area contributed by atoms with Gasteiger partial charge in [-0.3, -0.25) is 9.59 Å². The first kappa shape index (κ1) is 18.9. The molecule has 1 fully saturated rings. The maximum absolute atomic E-state index is 12.0. The van der Waals surface area contributed by atoms with Gasteiger partial charge in [-0.05, 0) is 42.7 Å². The average Bonchev–Trinajstić information content (AvgIpc) is 2.71. The maximum atomic E-state index is 12.0. The standard InChI is InChI=1S/C21H25N3O3/c1-16-4-2-3-5-19(16)23-21(26)20(25)22-11-10-17-6-8-18(9-7-17)24-12-14-27-15-13-24/h2-9H,10-15H2,1H3,(H,22,25)(H,23,26). The van der Waals surface area contributed by atoms with Crippen LogP contribution in [0.25, 0.3) is 0 Å². The van der Waals surface area contributed by atoms with Crippen LogP contribution < -0.4 is 15.5 Å². The van der Waals surface area contributed by atoms with E-state index in [0.29, 0.717) is 18.7 Å². The minimum atomic E-state index is -0.646. The van der Waals surface area contributed by atoms with Gasteiger partial charge in [0.1, 0.15) is 0 Å². The van der Waals surface area contributed by atoms with Crippen LogP contribution >= 0.6 is 0 Å². The molecule has 0 bridgehead atoms. The topological polar surface area (TPSA) is 70.7 Å². The number of ether oxygens (including phenoxy) is 1. The number of nitrogens with zero attached hydrogens (tertiary/aromatic N) is 1. The van der Waals surface area contributed by atoms with Gasteiger partial charge in [0.25, 0.3) is 0 Å². The molecule has 0 unspecified atom stereocenters. The van der Waals surface area contributed by atoms with Crippen LogP contribution in [0.2, 0.25) is 0 Å². The van der Waals surface area contributed by atoms with E-state index in [0.717, 1.165) is 37.4 Å². The molecular formula is C21H25N3O3. The molecule has 1 heterocycles. The Labute approximate surface area is 159 Å². The highest BCUT2D eigenvalue weighted by Gasteiger charge is 2.14. The highest BCUT2D eigenvalue weighted by atomic mass is 16.5. The minimum absolute atomic E-state index is 0.414. The third-order valence-electron chi connectivity index (χ3n) is 4.61. The summed E-state index contributed by atoms with van der Waals surface area (Å²) in [5.74, 6) is -1.27. The van der Waals surface area contributed by atoms with E-state index >= 15 is 0 Å². The van der Waals surface area contributed by atoms with Gasteiger partial charge in [0.15, 0.2) is 0 Å². The quantitative estimate of drug-likeness (QED) is 0.795. The number of benzene rings is 2. The lowest BCUT2D eigenvalue weighted by atomic mass is 10.1. The molecule has 0 saturated carbocycles. The van der Waals surface area contributed by atoms with Crippen LogP contribution in [0, 0.1) is 6.92 Å². The molecule has 0 radical (unpaired) electrons. The van der Waals surface area contributed by atoms with Crippen molar-refractivity contribution >= 4 is 23.2 Å². The largest absolute Gasteiger partial charge is 0.378 e. The molecule has 1 aliphatic heterocycles. The van der Waals surface area contributed by atoms with E-state index in [1.54, 1.807) is 6.07 Å². The van der Waals surface area contributed by atoms with E-state index in [4.69, 9.17) is 4.74 Å². The lowest BCUT2D eigenvalue weighted by Crippen LogP contribution is -2.36. The molecule has 27 heavy (non-hydrogen) atoms. The normalized spacial score (nSPS) is 13.9. The number of amides is 2. The third kappa shape index (κ3) is 5.31. The number of morpholine rings is 1. The molecule has 0 aromatic heterocycles. The predicted molar refractivity (Wildman–Crippen MR) is 106 cm³/mol. The number of carbonyl (C=O) groups is 2. The average molecular weight is 367 g/mol. The summed E-state index contributed by atoms with van der Waals surface area (Å²) in [4.78, 5) is 26.3. The number of para-hydroxylation sites is 1. The maximum Gasteiger partial charge on any atom is 0.313 e. The molecule has 1 saturated heterocycles. The molecule has 1 aliphatic rings. The van der Waals surface area contributed by atoms with Gasteiger partial charge < -0.3 is 20.3 Å². The van der Waals surface area contributed by atoms with Crippen LogP contribution in [0.1, 0.15) is 11.1 Å². The van der Waals surface area contributed by atoms with E-state index < -0.39 is 11.8 Å². The van der Waals surface area contributed by atoms with Crippen molar-refractivity contribution in [2.45, 2.75) is 13.3 Å². The molecule has 0 atom stereocenters. The molecule has 0 spiro atoms. The van der Waals surface area contributed by atoms with Crippen LogP contribution in [-0.2, 0) is 20.7 Å². The van der Waals surface area contributed by atoms with Gasteiger partial charge in [-0.1, -0.05) is 30.3 Å². The Bertz CT molecular complexity index is 784. The minimum Gasteiger partial charge on any atom is -0.378 e. The lowest BCUT2D eigenvalue weighted by molar-refractivity contribution is -0.136. The van der Waals surface area contributed by atoms with Crippen LogP contribution in [0.4, 0.5) is 11.4 Å². The van der Waals surface area contributed by atoms with Crippen molar-refractivity contribution in [3.8, 4) is 0 Å². The number of anilines is 2. The van der Waals surface area contributed by atoms with E-state index in [-0.39, 0.29) is 0 Å². The molecule has 2 aromatic rings. The van der Waals surface area contributed by atoms with E-state index in [1.165, 1.54) is 5.69 Å². The van der Waals surface area contributed by atoms with Gasteiger partial charge in [0, 0.05) is 31.0 Å². The Kier molecular flexibility index (Phi) is 6.44. The highest BCUT2D eigenvalue weighted by molar-refractivity contribution is 6.39. The summed E-state index contributed by atoms with van der Waals surface area (Å²) in [6.07, 6.45) is 0.673. The third-order valence-corrected chi connectivity index (χ3v) is 4.61. The molecule has 2 N–H and O–H groups in total. The fourth-order valence-electron chi connectivity index (χ4n) is 2.99. The van der Waals surface area contributed by atoms with Crippen molar-refractivity contribution in [1.82, 2.24) is 5.32 Å². The summed E-state index contributed by atoms with van der Waals surface area (Å²) in [7, 11) is 0. The Morgan fingerprint density at radius 3 is 2.41 bits per heavy atom. The number of hydrogen-bond donors (Lipinski definition) is 2. The molecule has 6 nitrogen and oxygen atoms in total. The second kappa shape index (κ2) is 9.19. The summed E-state index contributed by atoms with van der Waals surface area (Å²) in [5.41, 5.74) is 3.87. The summed E-state index contributed by atoms with van der Waals surface area (Å²) in [6, 6.07) is 15.7. The van der Waals surface area contributed by atoms with Crippen LogP contribution in [0.5, 0.6) is 0 Å². The van der Waals surface area contributed by atoms with Crippen molar-refractivity contribution < 1.29 is 14.3 Å². The summed E-state index contributed by atoms with van der Waals surface area (Å²) >= 11 is 0. The van der Waals surface area contributed by atoms with Crippen molar-refractivity contribution in [1.29, 1.82) is 0 Å². The SMILES string of the molecule is Cc1ccccc1NC(=O)C(=O)NCCc1ccc(N2CCOCC2)cc1. The molecule has 0 aliphatic carbocycles. The van der Waals surface area contributed by atoms with Gasteiger partial charge >= 0.3 is 11.8 Å². The zero-order chi connectivity index (χ0) is 19.1. The lowest BCUT2D eigenvalue weighted by Gasteiger charge is -2.28. The summed E-state index contributed by atoms with van der Waals surface area (Å²) in [5, 5.41) is 5.31. The van der Waals surface area contributed by atoms with Gasteiger partial charge in [0.2, 0.25) is 0 Å². The number of aryl methyl sites for hydroxylation is 1. The number of hydrogen-bond acceptors (Lipinski definition) is 4. The van der Waals surface area contributed by atoms with Crippen molar-refractivity contribution in [2.24, 2.45) is 0 Å². The Morgan fingerprint density at radius 2 is 1.70 bits per heavy atom. The van der Waals surface area contributed by atoms with Crippen molar-refractivity contribution in [2.75, 3.05) is 43.1 Å². The van der Waals surface area contributed by atoms with Gasteiger partial charge in [-0.25, -0.2) is 0 Å². The van der Waals surface area contributed by atoms with Crippen LogP contribution in [-0.4, -0.2) is 44.7 Å². The molecule has 6 heteroatoms. The fraction of sp³-hybridized carbons (Fsp3) is 0.333. The number of carbonyl (C=O) groups excluding carboxylic acids is 2. The summed E-state index contributed by atoms with van der Waals surface area (Å²) < 4.78 is 5.37. The molecule has 2 aromatic carbocycles. The van der Waals surface area contributed by atoms with Crippen molar-refractivity contribution in [3.63, 3.8) is 0 Å². The van der Waals surface area contributed by atoms with E-state index in [9.17, 15) is 9.59 Å². The first-order chi connectivity index (χ1) is 13.1. The number of nitrogens with one attached hydrogen (secondary N) is 2. The summed E-state index contributed by atoms with van der Waals surface area (Å²) in [6.45, 7) is 5.64. The molecule has 2 amide bonds. The Hall–Kier alpha value is -2.86. The molecular weight excluding hydrogens is 342 g/mol. The molecule has 142 valence electrons. The zero-order valence-corrected chi connectivity index (χ0v) is 15.5. The number of rotatable bonds is 5. The zero-order valence-electron chi connectivity index (χ0n) is 15.5. The van der Waals surface area contributed by atoms with Gasteiger partial charge in [-0.15, -0.1) is 0 Å². The fourth-order valence-corrected chi connectivity index (χ4v) is 2.99. The second-order valence-electron chi connectivity index (χ2n) is 6.54. The Morgan fingerprint density at radius 1 is 1.00 bits per heavy atom. The van der Waals surface area contributed by atoms with Gasteiger partial charge in [-0.2, -0.15) is 0 Å². The van der Waals surface area contributed by atoms with Crippen molar-refractivity contribution in [3.05, 3.63) is 59.7 Å². The monoisotopic (exact) mass is 367 g/mol. The first-order valence-corrected chi connectivity index (χ1v) is 9.20.